The van der Waals surface area contributed by atoms with Crippen LogP contribution >= 0.6 is 0 Å². The van der Waals surface area contributed by atoms with Crippen LogP contribution in [0.5, 0.6) is 0 Å². The first-order valence-electron chi connectivity index (χ1n) is 6.42. The molecule has 2 aromatic rings. The number of hydrogen-bond acceptors (Lipinski definition) is 5. The van der Waals surface area contributed by atoms with Crippen molar-refractivity contribution in [2.24, 2.45) is 0 Å². The molecule has 2 heterocycles. The average molecular weight is 271 g/mol. The van der Waals surface area contributed by atoms with Crippen LogP contribution < -0.4 is 10.6 Å². The molecule has 6 heteroatoms. The van der Waals surface area contributed by atoms with Crippen molar-refractivity contribution in [3.05, 3.63) is 48.2 Å². The number of aromatic nitrogens is 3. The monoisotopic (exact) mass is 271 g/mol. The lowest BCUT2D eigenvalue weighted by Crippen LogP contribution is -2.24. The molecule has 0 spiro atoms. The second-order valence-electron chi connectivity index (χ2n) is 4.59. The van der Waals surface area contributed by atoms with Gasteiger partial charge in [0.1, 0.15) is 17.8 Å². The van der Waals surface area contributed by atoms with Gasteiger partial charge in [0.05, 0.1) is 12.2 Å². The van der Waals surface area contributed by atoms with Crippen molar-refractivity contribution >= 4 is 11.7 Å². The lowest BCUT2D eigenvalue weighted by molar-refractivity contribution is 0.0945. The largest absolute Gasteiger partial charge is 0.368 e. The molecule has 0 aliphatic heterocycles. The molecule has 2 aromatic heterocycles. The zero-order valence-corrected chi connectivity index (χ0v) is 11.5. The average Bonchev–Trinajstić information content (AvgIpc) is 2.45. The standard InChI is InChI=1S/C14H17N5O/c1-10(2)19-13-7-12(17-9-18-13)14(20)16-8-11-5-3-4-6-15-11/h3-7,9-10H,8H2,1-2H3,(H,16,20)(H,17,18,19). The van der Waals surface area contributed by atoms with E-state index in [1.165, 1.54) is 6.33 Å². The maximum Gasteiger partial charge on any atom is 0.270 e. The zero-order chi connectivity index (χ0) is 14.4. The normalized spacial score (nSPS) is 10.3. The molecule has 1 amide bonds. The molecule has 0 fully saturated rings. The molecule has 0 bridgehead atoms. The van der Waals surface area contributed by atoms with Gasteiger partial charge >= 0.3 is 0 Å². The summed E-state index contributed by atoms with van der Waals surface area (Å²) in [6.45, 7) is 4.38. The molecule has 0 radical (unpaired) electrons. The van der Waals surface area contributed by atoms with E-state index in [0.717, 1.165) is 5.69 Å². The highest BCUT2D eigenvalue weighted by atomic mass is 16.1. The summed E-state index contributed by atoms with van der Waals surface area (Å²) in [7, 11) is 0. The van der Waals surface area contributed by atoms with Gasteiger partial charge < -0.3 is 10.6 Å². The lowest BCUT2D eigenvalue weighted by atomic mass is 10.3. The number of nitrogens with zero attached hydrogens (tertiary/aromatic N) is 3. The molecule has 0 unspecified atom stereocenters. The molecule has 0 saturated heterocycles. The topological polar surface area (TPSA) is 79.8 Å². The van der Waals surface area contributed by atoms with Gasteiger partial charge in [0, 0.05) is 18.3 Å². The van der Waals surface area contributed by atoms with Crippen molar-refractivity contribution in [3.8, 4) is 0 Å². The molecule has 2 rings (SSSR count). The smallest absolute Gasteiger partial charge is 0.270 e. The highest BCUT2D eigenvalue weighted by molar-refractivity contribution is 5.92. The number of pyridine rings is 1. The van der Waals surface area contributed by atoms with Crippen molar-refractivity contribution < 1.29 is 4.79 Å². The second kappa shape index (κ2) is 6.60. The third kappa shape index (κ3) is 4.01. The number of carbonyl (C=O) groups is 1. The van der Waals surface area contributed by atoms with E-state index in [0.29, 0.717) is 18.1 Å². The van der Waals surface area contributed by atoms with Gasteiger partial charge in [0.2, 0.25) is 0 Å². The van der Waals surface area contributed by atoms with Crippen molar-refractivity contribution in [2.75, 3.05) is 5.32 Å². The number of anilines is 1. The summed E-state index contributed by atoms with van der Waals surface area (Å²) in [6.07, 6.45) is 3.07. The fourth-order valence-electron chi connectivity index (χ4n) is 1.62. The summed E-state index contributed by atoms with van der Waals surface area (Å²) < 4.78 is 0. The highest BCUT2D eigenvalue weighted by Gasteiger charge is 2.09. The van der Waals surface area contributed by atoms with Crippen LogP contribution in [0.4, 0.5) is 5.82 Å². The summed E-state index contributed by atoms with van der Waals surface area (Å²) >= 11 is 0. The summed E-state index contributed by atoms with van der Waals surface area (Å²) in [5.74, 6) is 0.392. The number of hydrogen-bond donors (Lipinski definition) is 2. The van der Waals surface area contributed by atoms with E-state index >= 15 is 0 Å². The van der Waals surface area contributed by atoms with Gasteiger partial charge in [-0.15, -0.1) is 0 Å². The summed E-state index contributed by atoms with van der Waals surface area (Å²) in [6, 6.07) is 7.44. The van der Waals surface area contributed by atoms with Gasteiger partial charge in [-0.3, -0.25) is 9.78 Å². The van der Waals surface area contributed by atoms with Gasteiger partial charge in [-0.1, -0.05) is 6.07 Å². The fraction of sp³-hybridized carbons (Fsp3) is 0.286. The highest BCUT2D eigenvalue weighted by Crippen LogP contribution is 2.05. The van der Waals surface area contributed by atoms with Crippen LogP contribution in [0.1, 0.15) is 30.0 Å². The molecular formula is C14H17N5O. The van der Waals surface area contributed by atoms with Crippen molar-refractivity contribution in [1.29, 1.82) is 0 Å². The molecular weight excluding hydrogens is 254 g/mol. The molecule has 0 aliphatic carbocycles. The van der Waals surface area contributed by atoms with Crippen LogP contribution in [-0.2, 0) is 6.54 Å². The first-order valence-corrected chi connectivity index (χ1v) is 6.42. The third-order valence-electron chi connectivity index (χ3n) is 2.49. The van der Waals surface area contributed by atoms with Crippen LogP contribution in [0.3, 0.4) is 0 Å². The second-order valence-corrected chi connectivity index (χ2v) is 4.59. The van der Waals surface area contributed by atoms with E-state index in [-0.39, 0.29) is 11.9 Å². The van der Waals surface area contributed by atoms with Crippen molar-refractivity contribution in [3.63, 3.8) is 0 Å². The Kier molecular flexibility index (Phi) is 4.60. The molecule has 0 aromatic carbocycles. The van der Waals surface area contributed by atoms with Crippen LogP contribution in [0.2, 0.25) is 0 Å². The van der Waals surface area contributed by atoms with E-state index < -0.39 is 0 Å². The Bertz CT molecular complexity index is 571. The lowest BCUT2D eigenvalue weighted by Gasteiger charge is -2.09. The van der Waals surface area contributed by atoms with Crippen LogP contribution in [0.15, 0.2) is 36.8 Å². The Hall–Kier alpha value is -2.50. The predicted molar refractivity (Wildman–Crippen MR) is 76.2 cm³/mol. The Labute approximate surface area is 117 Å². The number of nitrogens with one attached hydrogen (secondary N) is 2. The minimum Gasteiger partial charge on any atom is -0.368 e. The molecule has 0 aliphatic rings. The van der Waals surface area contributed by atoms with E-state index in [1.807, 2.05) is 32.0 Å². The van der Waals surface area contributed by atoms with E-state index in [2.05, 4.69) is 25.6 Å². The van der Waals surface area contributed by atoms with E-state index in [9.17, 15) is 4.79 Å². The minimum atomic E-state index is -0.246. The third-order valence-corrected chi connectivity index (χ3v) is 2.49. The predicted octanol–water partition coefficient (Wildman–Crippen LogP) is 1.62. The maximum absolute atomic E-state index is 12.0. The van der Waals surface area contributed by atoms with Crippen LogP contribution in [-0.4, -0.2) is 26.9 Å². The Morgan fingerprint density at radius 3 is 2.80 bits per heavy atom. The van der Waals surface area contributed by atoms with Gasteiger partial charge in [-0.05, 0) is 26.0 Å². The molecule has 20 heavy (non-hydrogen) atoms. The van der Waals surface area contributed by atoms with Gasteiger partial charge in [0.15, 0.2) is 0 Å². The quantitative estimate of drug-likeness (QED) is 0.864. The first-order chi connectivity index (χ1) is 9.65. The summed E-state index contributed by atoms with van der Waals surface area (Å²) in [4.78, 5) is 24.2. The molecule has 104 valence electrons. The van der Waals surface area contributed by atoms with E-state index in [4.69, 9.17) is 0 Å². The maximum atomic E-state index is 12.0. The fourth-order valence-corrected chi connectivity index (χ4v) is 1.62. The van der Waals surface area contributed by atoms with Gasteiger partial charge in [-0.25, -0.2) is 9.97 Å². The van der Waals surface area contributed by atoms with Crippen molar-refractivity contribution in [2.45, 2.75) is 26.4 Å². The van der Waals surface area contributed by atoms with Crippen molar-refractivity contribution in [1.82, 2.24) is 20.3 Å². The Balaban J connectivity index is 1.98. The van der Waals surface area contributed by atoms with Crippen LogP contribution in [0, 0.1) is 0 Å². The Morgan fingerprint density at radius 2 is 2.10 bits per heavy atom. The Morgan fingerprint density at radius 1 is 1.25 bits per heavy atom. The van der Waals surface area contributed by atoms with Gasteiger partial charge in [0.25, 0.3) is 5.91 Å². The van der Waals surface area contributed by atoms with E-state index in [1.54, 1.807) is 12.3 Å². The van der Waals surface area contributed by atoms with Gasteiger partial charge in [-0.2, -0.15) is 0 Å². The van der Waals surface area contributed by atoms with Crippen LogP contribution in [0.25, 0.3) is 0 Å². The minimum absolute atomic E-state index is 0.245. The summed E-state index contributed by atoms with van der Waals surface area (Å²) in [5.41, 5.74) is 1.13. The first kappa shape index (κ1) is 13.9. The number of amides is 1. The SMILES string of the molecule is CC(C)Nc1cc(C(=O)NCc2ccccn2)ncn1. The number of rotatable bonds is 5. The summed E-state index contributed by atoms with van der Waals surface area (Å²) in [5, 5.41) is 5.91. The molecule has 0 saturated carbocycles. The molecule has 2 N–H and O–H groups in total. The number of carbonyl (C=O) groups excluding carboxylic acids is 1. The zero-order valence-electron chi connectivity index (χ0n) is 11.5. The molecule has 0 atom stereocenters. The molecule has 6 nitrogen and oxygen atoms in total.